The highest BCUT2D eigenvalue weighted by Gasteiger charge is 2.30. The molecule has 0 radical (unpaired) electrons. The maximum atomic E-state index is 14.3. The van der Waals surface area contributed by atoms with Gasteiger partial charge in [-0.3, -0.25) is 0 Å². The van der Waals surface area contributed by atoms with Gasteiger partial charge in [-0.2, -0.15) is 13.2 Å². The Bertz CT molecular complexity index is 729. The number of benzene rings is 2. The first-order valence-electron chi connectivity index (χ1n) is 8.63. The van der Waals surface area contributed by atoms with Crippen LogP contribution in [0.1, 0.15) is 36.0 Å². The molecule has 2 rings (SSSR count). The first kappa shape index (κ1) is 21.2. The summed E-state index contributed by atoms with van der Waals surface area (Å²) in [5, 5.41) is 19.3. The van der Waals surface area contributed by atoms with Crippen molar-refractivity contribution in [1.29, 1.82) is 0 Å². The molecule has 0 fully saturated rings. The van der Waals surface area contributed by atoms with Crippen molar-refractivity contribution in [1.82, 2.24) is 0 Å². The Morgan fingerprint density at radius 3 is 2.26 bits per heavy atom. The van der Waals surface area contributed by atoms with Crippen molar-refractivity contribution in [3.05, 3.63) is 65.0 Å². The number of alkyl halides is 3. The molecule has 2 N–H and O–H groups in total. The first-order chi connectivity index (χ1) is 12.8. The molecule has 0 heterocycles. The fourth-order valence-electron chi connectivity index (χ4n) is 2.77. The van der Waals surface area contributed by atoms with Crippen molar-refractivity contribution in [3.63, 3.8) is 0 Å². The van der Waals surface area contributed by atoms with Gasteiger partial charge in [0, 0.05) is 12.3 Å². The van der Waals surface area contributed by atoms with Crippen molar-refractivity contribution >= 4 is 0 Å². The van der Waals surface area contributed by atoms with Crippen LogP contribution >= 0.6 is 0 Å². The standard InChI is InChI=1S/C20H22F4O3/c1-2-19(26)17(12-25)16-8-3-13(11-18(16)21)9-10-27-15-6-4-14(5-7-15)20(22,23)24/h3-8,11,17,19,25-26H,2,9-10,12H2,1H3. The van der Waals surface area contributed by atoms with E-state index in [9.17, 15) is 27.8 Å². The van der Waals surface area contributed by atoms with Crippen LogP contribution in [0.4, 0.5) is 17.6 Å². The summed E-state index contributed by atoms with van der Waals surface area (Å²) in [6.45, 7) is 1.56. The molecule has 7 heteroatoms. The summed E-state index contributed by atoms with van der Waals surface area (Å²) in [5.74, 6) is -0.910. The van der Waals surface area contributed by atoms with Gasteiger partial charge in [-0.25, -0.2) is 4.39 Å². The predicted octanol–water partition coefficient (Wildman–Crippen LogP) is 4.31. The van der Waals surface area contributed by atoms with Gasteiger partial charge in [0.1, 0.15) is 11.6 Å². The number of rotatable bonds is 8. The molecule has 0 aromatic heterocycles. The van der Waals surface area contributed by atoms with E-state index >= 15 is 0 Å². The summed E-state index contributed by atoms with van der Waals surface area (Å²) >= 11 is 0. The third-order valence-electron chi connectivity index (χ3n) is 4.38. The van der Waals surface area contributed by atoms with E-state index in [1.807, 2.05) is 0 Å². The molecule has 0 aliphatic heterocycles. The zero-order chi connectivity index (χ0) is 20.0. The number of aliphatic hydroxyl groups excluding tert-OH is 2. The van der Waals surface area contributed by atoms with Crippen molar-refractivity contribution in [3.8, 4) is 5.75 Å². The second-order valence-corrected chi connectivity index (χ2v) is 6.24. The molecule has 0 aliphatic rings. The SMILES string of the molecule is CCC(O)C(CO)c1ccc(CCOc2ccc(C(F)(F)F)cc2)cc1F. The van der Waals surface area contributed by atoms with E-state index < -0.39 is 29.6 Å². The molecule has 0 saturated heterocycles. The minimum atomic E-state index is -4.39. The molecule has 2 aromatic rings. The van der Waals surface area contributed by atoms with Gasteiger partial charge in [-0.05, 0) is 47.9 Å². The van der Waals surface area contributed by atoms with Gasteiger partial charge in [0.15, 0.2) is 0 Å². The quantitative estimate of drug-likeness (QED) is 0.665. The average Bonchev–Trinajstić information content (AvgIpc) is 2.63. The molecule has 27 heavy (non-hydrogen) atoms. The Morgan fingerprint density at radius 1 is 1.07 bits per heavy atom. The van der Waals surface area contributed by atoms with Gasteiger partial charge < -0.3 is 14.9 Å². The molecule has 0 bridgehead atoms. The zero-order valence-corrected chi connectivity index (χ0v) is 14.8. The Hall–Kier alpha value is -2.12. The lowest BCUT2D eigenvalue weighted by Gasteiger charge is -2.21. The van der Waals surface area contributed by atoms with Crippen LogP contribution in [0.5, 0.6) is 5.75 Å². The second kappa shape index (κ2) is 9.19. The van der Waals surface area contributed by atoms with Crippen LogP contribution in [0.25, 0.3) is 0 Å². The predicted molar refractivity (Wildman–Crippen MR) is 93.2 cm³/mol. The number of halogens is 4. The molecular formula is C20H22F4O3. The largest absolute Gasteiger partial charge is 0.493 e. The van der Waals surface area contributed by atoms with Gasteiger partial charge >= 0.3 is 6.18 Å². The molecule has 0 saturated carbocycles. The summed E-state index contributed by atoms with van der Waals surface area (Å²) in [6, 6.07) is 8.89. The highest BCUT2D eigenvalue weighted by molar-refractivity contribution is 5.30. The molecule has 0 amide bonds. The van der Waals surface area contributed by atoms with Crippen LogP contribution in [0.15, 0.2) is 42.5 Å². The molecule has 2 atom stereocenters. The van der Waals surface area contributed by atoms with Gasteiger partial charge in [0.05, 0.1) is 24.9 Å². The maximum Gasteiger partial charge on any atom is 0.416 e. The van der Waals surface area contributed by atoms with Crippen LogP contribution in [-0.2, 0) is 12.6 Å². The fourth-order valence-corrected chi connectivity index (χ4v) is 2.77. The Labute approximate surface area is 155 Å². The van der Waals surface area contributed by atoms with E-state index in [4.69, 9.17) is 4.74 Å². The highest BCUT2D eigenvalue weighted by atomic mass is 19.4. The molecule has 0 aliphatic carbocycles. The zero-order valence-electron chi connectivity index (χ0n) is 14.8. The van der Waals surface area contributed by atoms with Crippen LogP contribution in [0.3, 0.4) is 0 Å². The van der Waals surface area contributed by atoms with E-state index in [0.29, 0.717) is 24.2 Å². The average molecular weight is 386 g/mol. The van der Waals surface area contributed by atoms with Crippen molar-refractivity contribution in [2.24, 2.45) is 0 Å². The highest BCUT2D eigenvalue weighted by Crippen LogP contribution is 2.30. The number of hydrogen-bond acceptors (Lipinski definition) is 3. The van der Waals surface area contributed by atoms with E-state index in [-0.39, 0.29) is 18.8 Å². The van der Waals surface area contributed by atoms with Crippen LogP contribution in [0, 0.1) is 5.82 Å². The topological polar surface area (TPSA) is 49.7 Å². The summed E-state index contributed by atoms with van der Waals surface area (Å²) in [4.78, 5) is 0. The lowest BCUT2D eigenvalue weighted by atomic mass is 9.91. The lowest BCUT2D eigenvalue weighted by Crippen LogP contribution is -2.22. The third-order valence-corrected chi connectivity index (χ3v) is 4.38. The Balaban J connectivity index is 1.96. The summed E-state index contributed by atoms with van der Waals surface area (Å²) < 4.78 is 57.3. The molecular weight excluding hydrogens is 364 g/mol. The van der Waals surface area contributed by atoms with E-state index in [1.165, 1.54) is 24.3 Å². The minimum Gasteiger partial charge on any atom is -0.493 e. The number of aliphatic hydroxyl groups is 2. The van der Waals surface area contributed by atoms with Gasteiger partial charge in [-0.1, -0.05) is 19.1 Å². The maximum absolute atomic E-state index is 14.3. The molecule has 148 valence electrons. The summed E-state index contributed by atoms with van der Waals surface area (Å²) in [6.07, 6.45) is -4.47. The normalized spacial score (nSPS) is 14.0. The van der Waals surface area contributed by atoms with Gasteiger partial charge in [0.25, 0.3) is 0 Å². The van der Waals surface area contributed by atoms with E-state index in [0.717, 1.165) is 12.1 Å². The molecule has 0 spiro atoms. The Kier molecular flexibility index (Phi) is 7.21. The van der Waals surface area contributed by atoms with Crippen LogP contribution < -0.4 is 4.74 Å². The van der Waals surface area contributed by atoms with Crippen molar-refractivity contribution < 1.29 is 32.5 Å². The van der Waals surface area contributed by atoms with E-state index in [2.05, 4.69) is 0 Å². The minimum absolute atomic E-state index is 0.172. The van der Waals surface area contributed by atoms with Crippen LogP contribution in [0.2, 0.25) is 0 Å². The lowest BCUT2D eigenvalue weighted by molar-refractivity contribution is -0.137. The number of ether oxygens (including phenoxy) is 1. The summed E-state index contributed by atoms with van der Waals surface area (Å²) in [7, 11) is 0. The van der Waals surface area contributed by atoms with Crippen LogP contribution in [-0.4, -0.2) is 29.5 Å². The fraction of sp³-hybridized carbons (Fsp3) is 0.400. The number of hydrogen-bond donors (Lipinski definition) is 2. The van der Waals surface area contributed by atoms with E-state index in [1.54, 1.807) is 13.0 Å². The van der Waals surface area contributed by atoms with Crippen molar-refractivity contribution in [2.45, 2.75) is 38.0 Å². The molecule has 2 aromatic carbocycles. The Morgan fingerprint density at radius 2 is 1.74 bits per heavy atom. The van der Waals surface area contributed by atoms with Gasteiger partial charge in [0.2, 0.25) is 0 Å². The molecule has 2 unspecified atom stereocenters. The molecule has 3 nitrogen and oxygen atoms in total. The summed E-state index contributed by atoms with van der Waals surface area (Å²) in [5.41, 5.74) is 0.144. The third kappa shape index (κ3) is 5.68. The smallest absolute Gasteiger partial charge is 0.416 e. The van der Waals surface area contributed by atoms with Gasteiger partial charge in [-0.15, -0.1) is 0 Å². The first-order valence-corrected chi connectivity index (χ1v) is 8.63. The monoisotopic (exact) mass is 386 g/mol. The van der Waals surface area contributed by atoms with Crippen molar-refractivity contribution in [2.75, 3.05) is 13.2 Å². The second-order valence-electron chi connectivity index (χ2n) is 6.24.